The lowest BCUT2D eigenvalue weighted by atomic mass is 9.98. The molecule has 50 heavy (non-hydrogen) atoms. The second kappa shape index (κ2) is 11.4. The van der Waals surface area contributed by atoms with Crippen LogP contribution in [0.25, 0.3) is 94.5 Å². The Morgan fingerprint density at radius 3 is 1.66 bits per heavy atom. The number of fused-ring (bicyclic) bond motifs is 6. The van der Waals surface area contributed by atoms with Crippen LogP contribution in [0.4, 0.5) is 0 Å². The lowest BCUT2D eigenvalue weighted by Gasteiger charge is -2.13. The summed E-state index contributed by atoms with van der Waals surface area (Å²) in [5, 5.41) is 14.5. The Morgan fingerprint density at radius 2 is 0.940 bits per heavy atom. The fourth-order valence-electron chi connectivity index (χ4n) is 7.15. The van der Waals surface area contributed by atoms with Crippen LogP contribution >= 0.6 is 0 Å². The normalized spacial score (nSPS) is 11.6. The fourth-order valence-corrected chi connectivity index (χ4v) is 7.15. The van der Waals surface area contributed by atoms with Crippen molar-refractivity contribution in [2.75, 3.05) is 0 Å². The molecular formula is C45H28N4O. The van der Waals surface area contributed by atoms with Crippen LogP contribution in [0.2, 0.25) is 0 Å². The minimum Gasteiger partial charge on any atom is -0.416 e. The summed E-state index contributed by atoms with van der Waals surface area (Å²) in [4.78, 5) is 5.20. The predicted molar refractivity (Wildman–Crippen MR) is 203 cm³/mol. The molecule has 10 rings (SSSR count). The Morgan fingerprint density at radius 1 is 0.380 bits per heavy atom. The van der Waals surface area contributed by atoms with Crippen LogP contribution in [0, 0.1) is 0 Å². The zero-order valence-corrected chi connectivity index (χ0v) is 26.9. The molecule has 0 saturated carbocycles. The molecule has 3 heterocycles. The second-order valence-electron chi connectivity index (χ2n) is 12.5. The topological polar surface area (TPSA) is 56.7 Å². The van der Waals surface area contributed by atoms with Gasteiger partial charge in [0.05, 0.1) is 22.2 Å². The zero-order chi connectivity index (χ0) is 33.0. The van der Waals surface area contributed by atoms with E-state index in [1.54, 1.807) is 0 Å². The van der Waals surface area contributed by atoms with Gasteiger partial charge in [-0.05, 0) is 77.2 Å². The third kappa shape index (κ3) is 4.60. The molecule has 3 aromatic heterocycles. The van der Waals surface area contributed by atoms with Gasteiger partial charge < -0.3 is 8.98 Å². The largest absolute Gasteiger partial charge is 0.416 e. The van der Waals surface area contributed by atoms with E-state index in [2.05, 4.69) is 142 Å². The van der Waals surface area contributed by atoms with Gasteiger partial charge in [-0.1, -0.05) is 109 Å². The van der Waals surface area contributed by atoms with E-state index < -0.39 is 0 Å². The Labute approximate surface area is 287 Å². The maximum Gasteiger partial charge on any atom is 0.248 e. The van der Waals surface area contributed by atoms with Crippen molar-refractivity contribution < 1.29 is 4.42 Å². The van der Waals surface area contributed by atoms with E-state index in [1.807, 2.05) is 42.5 Å². The van der Waals surface area contributed by atoms with Crippen LogP contribution in [0.5, 0.6) is 0 Å². The molecule has 0 amide bonds. The number of para-hydroxylation sites is 2. The van der Waals surface area contributed by atoms with Gasteiger partial charge in [0.1, 0.15) is 0 Å². The molecule has 0 spiro atoms. The molecule has 0 unspecified atom stereocenters. The number of nitrogens with zero attached hydrogens (tertiary/aromatic N) is 4. The average Bonchev–Trinajstić information content (AvgIpc) is 3.81. The predicted octanol–water partition coefficient (Wildman–Crippen LogP) is 11.5. The summed E-state index contributed by atoms with van der Waals surface area (Å²) in [7, 11) is 0. The summed E-state index contributed by atoms with van der Waals surface area (Å²) < 4.78 is 8.36. The van der Waals surface area contributed by atoms with Gasteiger partial charge in [0.25, 0.3) is 0 Å². The maximum absolute atomic E-state index is 5.98. The highest BCUT2D eigenvalue weighted by Crippen LogP contribution is 2.40. The van der Waals surface area contributed by atoms with E-state index >= 15 is 0 Å². The van der Waals surface area contributed by atoms with Crippen LogP contribution in [0.15, 0.2) is 174 Å². The minimum absolute atomic E-state index is 0.503. The van der Waals surface area contributed by atoms with Gasteiger partial charge in [0.2, 0.25) is 11.8 Å². The van der Waals surface area contributed by atoms with E-state index in [1.165, 1.54) is 21.7 Å². The van der Waals surface area contributed by atoms with Gasteiger partial charge in [-0.2, -0.15) is 0 Å². The molecule has 0 fully saturated rings. The number of pyridine rings is 1. The first-order valence-electron chi connectivity index (χ1n) is 16.7. The van der Waals surface area contributed by atoms with Crippen molar-refractivity contribution in [2.45, 2.75) is 0 Å². The molecule has 0 atom stereocenters. The molecule has 0 aliphatic rings. The monoisotopic (exact) mass is 640 g/mol. The van der Waals surface area contributed by atoms with Crippen LogP contribution in [0.1, 0.15) is 0 Å². The number of benzene rings is 7. The van der Waals surface area contributed by atoms with Crippen molar-refractivity contribution in [2.24, 2.45) is 0 Å². The van der Waals surface area contributed by atoms with Crippen molar-refractivity contribution in [3.63, 3.8) is 0 Å². The fraction of sp³-hybridized carbons (Fsp3) is 0. The molecule has 7 aromatic carbocycles. The van der Waals surface area contributed by atoms with Crippen LogP contribution in [-0.4, -0.2) is 19.7 Å². The lowest BCUT2D eigenvalue weighted by molar-refractivity contribution is 0.584. The summed E-state index contributed by atoms with van der Waals surface area (Å²) in [6, 6.07) is 59.2. The van der Waals surface area contributed by atoms with E-state index in [9.17, 15) is 0 Å². The van der Waals surface area contributed by atoms with E-state index in [4.69, 9.17) is 9.40 Å². The molecule has 0 radical (unpaired) electrons. The van der Waals surface area contributed by atoms with E-state index in [0.29, 0.717) is 11.8 Å². The average molecular weight is 641 g/mol. The van der Waals surface area contributed by atoms with Crippen molar-refractivity contribution in [3.8, 4) is 51.0 Å². The SMILES string of the molecule is c1ccc(-c2nnc(-c3ccc(-c4ccc(-n5c6ccccc6c6cc7c(cc65)c(-c5ccccc5)nc5ccccc57)cc4)cc3)o2)cc1. The Kier molecular flexibility index (Phi) is 6.42. The standard InChI is InChI=1S/C45H28N4O/c1-3-11-31(12-4-1)43-39-28-42-38(27-37(39)35-15-7-9-17-40(35)46-43)36-16-8-10-18-41(36)49(42)34-25-23-30(24-26-34)29-19-21-33(22-20-29)45-48-47-44(50-45)32-13-5-2-6-14-32/h1-28H. The summed E-state index contributed by atoms with van der Waals surface area (Å²) >= 11 is 0. The second-order valence-corrected chi connectivity index (χ2v) is 12.5. The minimum atomic E-state index is 0.503. The van der Waals surface area contributed by atoms with Gasteiger partial charge in [0, 0.05) is 43.9 Å². The van der Waals surface area contributed by atoms with Gasteiger partial charge >= 0.3 is 0 Å². The Bertz CT molecular complexity index is 2840. The molecule has 5 nitrogen and oxygen atoms in total. The van der Waals surface area contributed by atoms with Crippen molar-refractivity contribution in [1.29, 1.82) is 0 Å². The number of hydrogen-bond acceptors (Lipinski definition) is 4. The maximum atomic E-state index is 5.98. The lowest BCUT2D eigenvalue weighted by Crippen LogP contribution is -1.95. The number of rotatable bonds is 5. The summed E-state index contributed by atoms with van der Waals surface area (Å²) in [6.07, 6.45) is 0. The summed E-state index contributed by atoms with van der Waals surface area (Å²) in [6.45, 7) is 0. The molecule has 0 aliphatic heterocycles. The van der Waals surface area contributed by atoms with Gasteiger partial charge in [-0.3, -0.25) is 0 Å². The molecule has 234 valence electrons. The van der Waals surface area contributed by atoms with E-state index in [-0.39, 0.29) is 0 Å². The molecule has 0 N–H and O–H groups in total. The molecule has 10 aromatic rings. The molecule has 0 saturated heterocycles. The summed E-state index contributed by atoms with van der Waals surface area (Å²) in [5.41, 5.74) is 10.6. The van der Waals surface area contributed by atoms with E-state index in [0.717, 1.165) is 61.0 Å². The third-order valence-electron chi connectivity index (χ3n) is 9.58. The summed E-state index contributed by atoms with van der Waals surface area (Å²) in [5.74, 6) is 1.02. The first-order chi connectivity index (χ1) is 24.8. The van der Waals surface area contributed by atoms with Crippen LogP contribution < -0.4 is 0 Å². The van der Waals surface area contributed by atoms with Crippen molar-refractivity contribution in [1.82, 2.24) is 19.7 Å². The quantitative estimate of drug-likeness (QED) is 0.176. The highest BCUT2D eigenvalue weighted by Gasteiger charge is 2.18. The molecule has 0 aliphatic carbocycles. The molecular weight excluding hydrogens is 613 g/mol. The zero-order valence-electron chi connectivity index (χ0n) is 26.9. The number of hydrogen-bond donors (Lipinski definition) is 0. The smallest absolute Gasteiger partial charge is 0.248 e. The Hall–Kier alpha value is -6.85. The van der Waals surface area contributed by atoms with Crippen molar-refractivity contribution in [3.05, 3.63) is 170 Å². The van der Waals surface area contributed by atoms with Gasteiger partial charge in [-0.25, -0.2) is 4.98 Å². The highest BCUT2D eigenvalue weighted by atomic mass is 16.4. The van der Waals surface area contributed by atoms with Crippen LogP contribution in [-0.2, 0) is 0 Å². The first-order valence-corrected chi connectivity index (χ1v) is 16.7. The van der Waals surface area contributed by atoms with Crippen molar-refractivity contribution >= 4 is 43.5 Å². The van der Waals surface area contributed by atoms with Gasteiger partial charge in [-0.15, -0.1) is 10.2 Å². The highest BCUT2D eigenvalue weighted by molar-refractivity contribution is 6.20. The molecule has 5 heteroatoms. The molecule has 0 bridgehead atoms. The van der Waals surface area contributed by atoms with Gasteiger partial charge in [0.15, 0.2) is 0 Å². The first kappa shape index (κ1) is 28.2. The third-order valence-corrected chi connectivity index (χ3v) is 9.58. The van der Waals surface area contributed by atoms with Crippen LogP contribution in [0.3, 0.4) is 0 Å². The Balaban J connectivity index is 1.07. The number of aromatic nitrogens is 4.